The van der Waals surface area contributed by atoms with Crippen molar-refractivity contribution < 1.29 is 28.8 Å². The van der Waals surface area contributed by atoms with Crippen molar-refractivity contribution in [1.29, 1.82) is 0 Å². The molecule has 0 unspecified atom stereocenters. The lowest BCUT2D eigenvalue weighted by atomic mass is 9.99. The summed E-state index contributed by atoms with van der Waals surface area (Å²) in [5.41, 5.74) is 2.61. The number of carbonyl (C=O) groups excluding carboxylic acids is 3. The summed E-state index contributed by atoms with van der Waals surface area (Å²) in [6.45, 7) is 1.96. The first kappa shape index (κ1) is 25.5. The molecule has 0 fully saturated rings. The Bertz CT molecular complexity index is 973. The third kappa shape index (κ3) is 8.72. The van der Waals surface area contributed by atoms with Crippen LogP contribution in [0.3, 0.4) is 0 Å². The van der Waals surface area contributed by atoms with Gasteiger partial charge in [-0.3, -0.25) is 24.5 Å². The number of nitrogens with one attached hydrogen (secondary N) is 1. The van der Waals surface area contributed by atoms with Gasteiger partial charge in [-0.15, -0.1) is 0 Å². The Labute approximate surface area is 192 Å². The zero-order chi connectivity index (χ0) is 24.2. The highest BCUT2D eigenvalue weighted by molar-refractivity contribution is 5.82. The molecule has 1 amide bonds. The molecule has 33 heavy (non-hydrogen) atoms. The van der Waals surface area contributed by atoms with Gasteiger partial charge in [0.1, 0.15) is 0 Å². The Morgan fingerprint density at radius 3 is 2.39 bits per heavy atom. The van der Waals surface area contributed by atoms with Crippen molar-refractivity contribution in [3.63, 3.8) is 0 Å². The number of non-ortho nitro benzene ring substituents is 1. The van der Waals surface area contributed by atoms with E-state index < -0.39 is 22.9 Å². The predicted molar refractivity (Wildman–Crippen MR) is 121 cm³/mol. The number of aryl methyl sites for hydroxylation is 1. The molecule has 2 aromatic rings. The minimum atomic E-state index is -0.476. The number of nitro groups is 1. The summed E-state index contributed by atoms with van der Waals surface area (Å²) in [5, 5.41) is 13.8. The molecule has 0 spiro atoms. The van der Waals surface area contributed by atoms with E-state index in [0.29, 0.717) is 12.8 Å². The van der Waals surface area contributed by atoms with Gasteiger partial charge in [0.15, 0.2) is 0 Å². The predicted octanol–water partition coefficient (Wildman–Crippen LogP) is 3.59. The molecule has 0 radical (unpaired) electrons. The first-order chi connectivity index (χ1) is 15.8. The number of ether oxygens (including phenoxy) is 2. The van der Waals surface area contributed by atoms with Crippen molar-refractivity contribution in [2.45, 2.75) is 45.1 Å². The molecule has 2 aromatic carbocycles. The lowest BCUT2D eigenvalue weighted by Crippen LogP contribution is -2.37. The molecular formula is C24H28N2O7. The standard InChI is InChI=1S/C24H28N2O7/c1-3-33-24(29)16-20(25-22(27)13-14-23(28)32-2)12-9-17-7-10-18(11-8-17)19-5-4-6-21(15-19)26(30)31/h4-8,10-11,15,20H,3,9,12-14,16H2,1-2H3,(H,25,27)/t20-/m1/s1. The summed E-state index contributed by atoms with van der Waals surface area (Å²) in [6, 6.07) is 13.6. The van der Waals surface area contributed by atoms with Crippen LogP contribution in [0.2, 0.25) is 0 Å². The second kappa shape index (κ2) is 12.9. The van der Waals surface area contributed by atoms with Crippen LogP contribution in [-0.4, -0.2) is 42.5 Å². The Balaban J connectivity index is 2.00. The largest absolute Gasteiger partial charge is 0.469 e. The number of carbonyl (C=O) groups is 3. The third-order valence-corrected chi connectivity index (χ3v) is 4.99. The molecule has 0 saturated heterocycles. The first-order valence-electron chi connectivity index (χ1n) is 10.7. The summed E-state index contributed by atoms with van der Waals surface area (Å²) in [4.78, 5) is 45.9. The van der Waals surface area contributed by atoms with E-state index in [1.165, 1.54) is 19.2 Å². The molecule has 0 aliphatic heterocycles. The lowest BCUT2D eigenvalue weighted by Gasteiger charge is -2.18. The average Bonchev–Trinajstić information content (AvgIpc) is 2.81. The van der Waals surface area contributed by atoms with E-state index in [0.717, 1.165) is 16.7 Å². The molecule has 9 heteroatoms. The molecule has 176 valence electrons. The van der Waals surface area contributed by atoms with Crippen molar-refractivity contribution in [2.75, 3.05) is 13.7 Å². The molecule has 9 nitrogen and oxygen atoms in total. The maximum atomic E-state index is 12.2. The summed E-state index contributed by atoms with van der Waals surface area (Å²) in [5.74, 6) is -1.22. The van der Waals surface area contributed by atoms with Crippen molar-refractivity contribution in [3.05, 3.63) is 64.2 Å². The van der Waals surface area contributed by atoms with E-state index in [9.17, 15) is 24.5 Å². The molecule has 1 N–H and O–H groups in total. The summed E-state index contributed by atoms with van der Waals surface area (Å²) < 4.78 is 9.54. The Hall–Kier alpha value is -3.75. The zero-order valence-corrected chi connectivity index (χ0v) is 18.7. The summed E-state index contributed by atoms with van der Waals surface area (Å²) in [7, 11) is 1.26. The van der Waals surface area contributed by atoms with Gasteiger partial charge >= 0.3 is 11.9 Å². The van der Waals surface area contributed by atoms with Crippen LogP contribution in [0.1, 0.15) is 38.2 Å². The van der Waals surface area contributed by atoms with Crippen molar-refractivity contribution in [2.24, 2.45) is 0 Å². The van der Waals surface area contributed by atoms with E-state index in [-0.39, 0.29) is 37.5 Å². The van der Waals surface area contributed by atoms with Gasteiger partial charge in [-0.2, -0.15) is 0 Å². The van der Waals surface area contributed by atoms with Crippen LogP contribution in [0.5, 0.6) is 0 Å². The number of methoxy groups -OCH3 is 1. The Morgan fingerprint density at radius 1 is 1.03 bits per heavy atom. The monoisotopic (exact) mass is 456 g/mol. The fraction of sp³-hybridized carbons (Fsp3) is 0.375. The van der Waals surface area contributed by atoms with Crippen molar-refractivity contribution in [3.8, 4) is 11.1 Å². The maximum Gasteiger partial charge on any atom is 0.307 e. The van der Waals surface area contributed by atoms with Crippen LogP contribution >= 0.6 is 0 Å². The quantitative estimate of drug-likeness (QED) is 0.294. The highest BCUT2D eigenvalue weighted by Gasteiger charge is 2.18. The Morgan fingerprint density at radius 2 is 1.76 bits per heavy atom. The van der Waals surface area contributed by atoms with Crippen LogP contribution < -0.4 is 5.32 Å². The van der Waals surface area contributed by atoms with Gasteiger partial charge in [-0.1, -0.05) is 36.4 Å². The number of rotatable bonds is 12. The highest BCUT2D eigenvalue weighted by atomic mass is 16.6. The van der Waals surface area contributed by atoms with Crippen LogP contribution in [0, 0.1) is 10.1 Å². The number of benzene rings is 2. The number of esters is 2. The summed E-state index contributed by atoms with van der Waals surface area (Å²) in [6.07, 6.45) is 1.07. The Kier molecular flexibility index (Phi) is 10.0. The molecule has 0 aliphatic rings. The topological polar surface area (TPSA) is 125 Å². The van der Waals surface area contributed by atoms with Gasteiger partial charge in [0, 0.05) is 24.6 Å². The van der Waals surface area contributed by atoms with Gasteiger partial charge in [-0.05, 0) is 36.5 Å². The minimum Gasteiger partial charge on any atom is -0.469 e. The third-order valence-electron chi connectivity index (χ3n) is 4.99. The van der Waals surface area contributed by atoms with E-state index in [1.807, 2.05) is 24.3 Å². The molecule has 0 aromatic heterocycles. The molecule has 0 aliphatic carbocycles. The SMILES string of the molecule is CCOC(=O)C[C@@H](CCc1ccc(-c2cccc([N+](=O)[O-])c2)cc1)NC(=O)CCC(=O)OC. The number of hydrogen-bond acceptors (Lipinski definition) is 7. The van der Waals surface area contributed by atoms with Crippen LogP contribution in [0.15, 0.2) is 48.5 Å². The van der Waals surface area contributed by atoms with Gasteiger partial charge < -0.3 is 14.8 Å². The molecule has 0 heterocycles. The fourth-order valence-corrected chi connectivity index (χ4v) is 3.27. The van der Waals surface area contributed by atoms with Gasteiger partial charge in [-0.25, -0.2) is 0 Å². The average molecular weight is 456 g/mol. The van der Waals surface area contributed by atoms with Crippen molar-refractivity contribution in [1.82, 2.24) is 5.32 Å². The number of nitro benzene ring substituents is 1. The van der Waals surface area contributed by atoms with E-state index in [4.69, 9.17) is 4.74 Å². The normalized spacial score (nSPS) is 11.3. The molecule has 0 bridgehead atoms. The zero-order valence-electron chi connectivity index (χ0n) is 18.7. The minimum absolute atomic E-state index is 0.0239. The number of hydrogen-bond donors (Lipinski definition) is 1. The number of amides is 1. The van der Waals surface area contributed by atoms with Crippen molar-refractivity contribution >= 4 is 23.5 Å². The van der Waals surface area contributed by atoms with E-state index in [2.05, 4.69) is 10.1 Å². The lowest BCUT2D eigenvalue weighted by molar-refractivity contribution is -0.384. The second-order valence-electron chi connectivity index (χ2n) is 7.39. The van der Waals surface area contributed by atoms with E-state index in [1.54, 1.807) is 19.1 Å². The smallest absolute Gasteiger partial charge is 0.307 e. The van der Waals surface area contributed by atoms with Gasteiger partial charge in [0.05, 0.1) is 31.5 Å². The maximum absolute atomic E-state index is 12.2. The van der Waals surface area contributed by atoms with Crippen LogP contribution in [-0.2, 0) is 30.3 Å². The second-order valence-corrected chi connectivity index (χ2v) is 7.39. The van der Waals surface area contributed by atoms with Crippen LogP contribution in [0.4, 0.5) is 5.69 Å². The van der Waals surface area contributed by atoms with Gasteiger partial charge in [0.2, 0.25) is 5.91 Å². The fourth-order valence-electron chi connectivity index (χ4n) is 3.27. The van der Waals surface area contributed by atoms with Crippen LogP contribution in [0.25, 0.3) is 11.1 Å². The van der Waals surface area contributed by atoms with Gasteiger partial charge in [0.25, 0.3) is 5.69 Å². The van der Waals surface area contributed by atoms with E-state index >= 15 is 0 Å². The highest BCUT2D eigenvalue weighted by Crippen LogP contribution is 2.24. The summed E-state index contributed by atoms with van der Waals surface area (Å²) >= 11 is 0. The number of nitrogens with zero attached hydrogens (tertiary/aromatic N) is 1. The molecular weight excluding hydrogens is 428 g/mol. The molecule has 0 saturated carbocycles. The first-order valence-corrected chi connectivity index (χ1v) is 10.7. The molecule has 2 rings (SSSR count). The molecule has 1 atom stereocenters.